The first kappa shape index (κ1) is 9.06. The van der Waals surface area contributed by atoms with Crippen LogP contribution >= 0.6 is 0 Å². The summed E-state index contributed by atoms with van der Waals surface area (Å²) in [5, 5.41) is 0. The minimum atomic E-state index is -0.207. The van der Waals surface area contributed by atoms with Crippen molar-refractivity contribution in [2.75, 3.05) is 6.54 Å². The third-order valence-corrected chi connectivity index (χ3v) is 2.30. The van der Waals surface area contributed by atoms with Gasteiger partial charge in [-0.1, -0.05) is 30.3 Å². The number of nitrogens with zero attached hydrogens (tertiary/aromatic N) is 1. The molecular weight excluding hydrogens is 178 g/mol. The van der Waals surface area contributed by atoms with Crippen LogP contribution in [-0.2, 0) is 11.3 Å². The van der Waals surface area contributed by atoms with Crippen LogP contribution in [0.15, 0.2) is 30.3 Å². The van der Waals surface area contributed by atoms with Gasteiger partial charge >= 0.3 is 6.09 Å². The number of rotatable bonds is 2. The van der Waals surface area contributed by atoms with E-state index in [0.29, 0.717) is 12.6 Å². The first-order valence-electron chi connectivity index (χ1n) is 4.74. The molecule has 1 atom stereocenters. The average molecular weight is 191 g/mol. The standard InChI is InChI=1S/C11H13NO2/c1-9-7-12(9)11(13)14-8-10-5-3-2-4-6-10/h2-6,9H,7-8H2,1H3. The predicted molar refractivity (Wildman–Crippen MR) is 52.8 cm³/mol. The SMILES string of the molecule is CC1CN1C(=O)OCc1ccccc1. The lowest BCUT2D eigenvalue weighted by Crippen LogP contribution is -2.14. The number of carbonyl (C=O) groups is 1. The molecule has 0 bridgehead atoms. The molecular formula is C11H13NO2. The summed E-state index contributed by atoms with van der Waals surface area (Å²) in [4.78, 5) is 13.0. The second-order valence-electron chi connectivity index (χ2n) is 3.54. The van der Waals surface area contributed by atoms with E-state index in [1.54, 1.807) is 4.90 Å². The highest BCUT2D eigenvalue weighted by Gasteiger charge is 2.35. The van der Waals surface area contributed by atoms with Crippen LogP contribution in [0.3, 0.4) is 0 Å². The molecule has 0 aromatic heterocycles. The van der Waals surface area contributed by atoms with Crippen molar-refractivity contribution in [3.05, 3.63) is 35.9 Å². The van der Waals surface area contributed by atoms with Gasteiger partial charge in [-0.25, -0.2) is 4.79 Å². The Balaban J connectivity index is 1.80. The molecule has 1 saturated heterocycles. The maximum atomic E-state index is 11.3. The third kappa shape index (κ3) is 2.05. The molecule has 1 aromatic rings. The van der Waals surface area contributed by atoms with E-state index in [2.05, 4.69) is 0 Å². The van der Waals surface area contributed by atoms with Crippen molar-refractivity contribution in [1.29, 1.82) is 0 Å². The van der Waals surface area contributed by atoms with Gasteiger partial charge < -0.3 is 9.64 Å². The summed E-state index contributed by atoms with van der Waals surface area (Å²) in [5.74, 6) is 0. The summed E-state index contributed by atoms with van der Waals surface area (Å²) in [5.41, 5.74) is 1.02. The van der Waals surface area contributed by atoms with Crippen molar-refractivity contribution in [3.63, 3.8) is 0 Å². The van der Waals surface area contributed by atoms with Crippen molar-refractivity contribution in [2.45, 2.75) is 19.6 Å². The topological polar surface area (TPSA) is 29.3 Å². The highest BCUT2D eigenvalue weighted by atomic mass is 16.6. The summed E-state index contributed by atoms with van der Waals surface area (Å²) < 4.78 is 5.11. The van der Waals surface area contributed by atoms with Gasteiger partial charge in [-0.3, -0.25) is 0 Å². The van der Waals surface area contributed by atoms with Crippen molar-refractivity contribution >= 4 is 6.09 Å². The number of carbonyl (C=O) groups excluding carboxylic acids is 1. The molecule has 1 fully saturated rings. The molecule has 0 spiro atoms. The van der Waals surface area contributed by atoms with Crippen LogP contribution in [-0.4, -0.2) is 23.6 Å². The van der Waals surface area contributed by atoms with Crippen LogP contribution in [0.5, 0.6) is 0 Å². The summed E-state index contributed by atoms with van der Waals surface area (Å²) in [6.07, 6.45) is -0.207. The zero-order valence-corrected chi connectivity index (χ0v) is 8.14. The van der Waals surface area contributed by atoms with E-state index in [9.17, 15) is 4.79 Å². The molecule has 1 aromatic carbocycles. The largest absolute Gasteiger partial charge is 0.445 e. The molecule has 0 aliphatic carbocycles. The Bertz CT molecular complexity index is 323. The number of hydrogen-bond donors (Lipinski definition) is 0. The number of hydrogen-bond acceptors (Lipinski definition) is 2. The molecule has 2 rings (SSSR count). The Morgan fingerprint density at radius 3 is 2.71 bits per heavy atom. The van der Waals surface area contributed by atoms with Crippen LogP contribution < -0.4 is 0 Å². The van der Waals surface area contributed by atoms with Gasteiger partial charge in [0.25, 0.3) is 0 Å². The fourth-order valence-electron chi connectivity index (χ4n) is 1.29. The molecule has 1 aliphatic rings. The zero-order chi connectivity index (χ0) is 9.97. The molecule has 1 aliphatic heterocycles. The summed E-state index contributed by atoms with van der Waals surface area (Å²) in [6, 6.07) is 10.1. The highest BCUT2D eigenvalue weighted by Crippen LogP contribution is 2.17. The van der Waals surface area contributed by atoms with E-state index < -0.39 is 0 Å². The second kappa shape index (κ2) is 3.70. The smallest absolute Gasteiger partial charge is 0.410 e. The maximum Gasteiger partial charge on any atom is 0.410 e. The van der Waals surface area contributed by atoms with Gasteiger partial charge in [0, 0.05) is 6.54 Å². The first-order valence-corrected chi connectivity index (χ1v) is 4.74. The minimum absolute atomic E-state index is 0.207. The molecule has 0 N–H and O–H groups in total. The monoisotopic (exact) mass is 191 g/mol. The summed E-state index contributed by atoms with van der Waals surface area (Å²) in [6.45, 7) is 3.19. The van der Waals surface area contributed by atoms with Crippen molar-refractivity contribution in [2.24, 2.45) is 0 Å². The van der Waals surface area contributed by atoms with Crippen molar-refractivity contribution < 1.29 is 9.53 Å². The fourth-order valence-corrected chi connectivity index (χ4v) is 1.29. The second-order valence-corrected chi connectivity index (χ2v) is 3.54. The normalized spacial score (nSPS) is 19.2. The molecule has 1 amide bonds. The Morgan fingerprint density at radius 1 is 1.50 bits per heavy atom. The van der Waals surface area contributed by atoms with Gasteiger partial charge in [-0.2, -0.15) is 0 Å². The highest BCUT2D eigenvalue weighted by molar-refractivity contribution is 5.70. The van der Waals surface area contributed by atoms with Crippen LogP contribution in [0.25, 0.3) is 0 Å². The van der Waals surface area contributed by atoms with E-state index in [1.165, 1.54) is 0 Å². The molecule has 0 radical (unpaired) electrons. The van der Waals surface area contributed by atoms with Crippen molar-refractivity contribution in [3.8, 4) is 0 Å². The quantitative estimate of drug-likeness (QED) is 0.669. The minimum Gasteiger partial charge on any atom is -0.445 e. The van der Waals surface area contributed by atoms with Crippen LogP contribution in [0.4, 0.5) is 4.79 Å². The fraction of sp³-hybridized carbons (Fsp3) is 0.364. The van der Waals surface area contributed by atoms with Crippen LogP contribution in [0, 0.1) is 0 Å². The summed E-state index contributed by atoms with van der Waals surface area (Å²) in [7, 11) is 0. The lowest BCUT2D eigenvalue weighted by Gasteiger charge is -2.05. The number of ether oxygens (including phenoxy) is 1. The van der Waals surface area contributed by atoms with E-state index in [4.69, 9.17) is 4.74 Å². The number of benzene rings is 1. The van der Waals surface area contributed by atoms with Gasteiger partial charge in [-0.15, -0.1) is 0 Å². The maximum absolute atomic E-state index is 11.3. The molecule has 14 heavy (non-hydrogen) atoms. The van der Waals surface area contributed by atoms with Crippen molar-refractivity contribution in [1.82, 2.24) is 4.90 Å². The van der Waals surface area contributed by atoms with Gasteiger partial charge in [0.1, 0.15) is 6.61 Å². The van der Waals surface area contributed by atoms with E-state index in [-0.39, 0.29) is 6.09 Å². The molecule has 1 unspecified atom stereocenters. The predicted octanol–water partition coefficient (Wildman–Crippen LogP) is 2.03. The van der Waals surface area contributed by atoms with Gasteiger partial charge in [0.05, 0.1) is 6.04 Å². The lowest BCUT2D eigenvalue weighted by molar-refractivity contribution is 0.122. The van der Waals surface area contributed by atoms with Crippen LogP contribution in [0.2, 0.25) is 0 Å². The Hall–Kier alpha value is -1.51. The first-order chi connectivity index (χ1) is 6.77. The molecule has 3 heteroatoms. The Kier molecular flexibility index (Phi) is 2.39. The molecule has 74 valence electrons. The lowest BCUT2D eigenvalue weighted by atomic mass is 10.2. The van der Waals surface area contributed by atoms with Gasteiger partial charge in [0.15, 0.2) is 0 Å². The zero-order valence-electron chi connectivity index (χ0n) is 8.14. The Labute approximate surface area is 83.3 Å². The summed E-state index contributed by atoms with van der Waals surface area (Å²) >= 11 is 0. The molecule has 3 nitrogen and oxygen atoms in total. The molecule has 0 saturated carbocycles. The van der Waals surface area contributed by atoms with Gasteiger partial charge in [0.2, 0.25) is 0 Å². The van der Waals surface area contributed by atoms with E-state index in [0.717, 1.165) is 12.1 Å². The van der Waals surface area contributed by atoms with Crippen LogP contribution in [0.1, 0.15) is 12.5 Å². The van der Waals surface area contributed by atoms with E-state index >= 15 is 0 Å². The Morgan fingerprint density at radius 2 is 2.14 bits per heavy atom. The van der Waals surface area contributed by atoms with E-state index in [1.807, 2.05) is 37.3 Å². The van der Waals surface area contributed by atoms with Gasteiger partial charge in [-0.05, 0) is 12.5 Å². The molecule has 1 heterocycles. The third-order valence-electron chi connectivity index (χ3n) is 2.30. The number of amides is 1. The average Bonchev–Trinajstić information content (AvgIpc) is 2.94.